The van der Waals surface area contributed by atoms with Crippen LogP contribution in [0, 0.1) is 0 Å². The molecule has 0 aromatic heterocycles. The molecule has 1 N–H and O–H groups in total. The molecule has 3 rings (SSSR count). The van der Waals surface area contributed by atoms with Crippen molar-refractivity contribution >= 4 is 18.6 Å². The molecule has 150 valence electrons. The number of hydrogen-bond acceptors (Lipinski definition) is 4. The number of carboxylic acid groups (broad SMARTS) is 1. The van der Waals surface area contributed by atoms with Gasteiger partial charge in [0.05, 0.1) is 26.1 Å². The molecule has 0 bridgehead atoms. The Morgan fingerprint density at radius 1 is 0.828 bits per heavy atom. The van der Waals surface area contributed by atoms with E-state index < -0.39 is 16.6 Å². The topological polar surface area (TPSA) is 55.8 Å². The molecule has 1 unspecified atom stereocenters. The summed E-state index contributed by atoms with van der Waals surface area (Å²) in [6.07, 6.45) is -0.101. The fourth-order valence-corrected chi connectivity index (χ4v) is 4.41. The second kappa shape index (κ2) is 9.05. The Labute approximate surface area is 176 Å². The minimum Gasteiger partial charge on any atom is -0.497 e. The third kappa shape index (κ3) is 4.10. The van der Waals surface area contributed by atoms with E-state index in [1.165, 1.54) is 0 Å². The van der Waals surface area contributed by atoms with Gasteiger partial charge in [-0.15, -0.1) is 0 Å². The average molecular weight is 409 g/mol. The van der Waals surface area contributed by atoms with Gasteiger partial charge in [-0.3, -0.25) is 4.79 Å². The number of carboxylic acids is 1. The molecule has 0 fully saturated rings. The summed E-state index contributed by atoms with van der Waals surface area (Å²) in [5.74, 6) is 0.575. The largest absolute Gasteiger partial charge is 0.497 e. The minimum atomic E-state index is -0.896. The lowest BCUT2D eigenvalue weighted by atomic mass is 9.66. The predicted molar refractivity (Wildman–Crippen MR) is 117 cm³/mol. The first-order valence-corrected chi connectivity index (χ1v) is 9.78. The highest BCUT2D eigenvalue weighted by Crippen LogP contribution is 2.46. The lowest BCUT2D eigenvalue weighted by molar-refractivity contribution is -0.137. The van der Waals surface area contributed by atoms with Gasteiger partial charge in [-0.05, 0) is 41.0 Å². The number of rotatable bonds is 8. The Morgan fingerprint density at radius 2 is 1.24 bits per heavy atom. The first-order chi connectivity index (χ1) is 14.0. The molecule has 5 heteroatoms. The van der Waals surface area contributed by atoms with Crippen molar-refractivity contribution in [2.75, 3.05) is 14.2 Å². The third-order valence-electron chi connectivity index (χ3n) is 5.19. The van der Waals surface area contributed by atoms with Crippen LogP contribution in [-0.2, 0) is 10.2 Å². The molecule has 0 spiro atoms. The van der Waals surface area contributed by atoms with E-state index in [2.05, 4.69) is 0 Å². The van der Waals surface area contributed by atoms with Gasteiger partial charge in [0.25, 0.3) is 0 Å². The van der Waals surface area contributed by atoms with E-state index in [4.69, 9.17) is 22.1 Å². The van der Waals surface area contributed by atoms with Gasteiger partial charge in [0, 0.05) is 5.25 Å². The number of ether oxygens (including phenoxy) is 2. The van der Waals surface area contributed by atoms with Gasteiger partial charge in [-0.25, -0.2) is 0 Å². The molecule has 0 saturated heterocycles. The molecule has 3 aromatic rings. The molecule has 0 heterocycles. The Morgan fingerprint density at radius 3 is 1.62 bits per heavy atom. The fraction of sp³-hybridized carbons (Fsp3) is 0.208. The van der Waals surface area contributed by atoms with Crippen LogP contribution in [-0.4, -0.2) is 30.5 Å². The second-order valence-corrected chi connectivity index (χ2v) is 7.37. The van der Waals surface area contributed by atoms with Crippen LogP contribution < -0.4 is 9.47 Å². The summed E-state index contributed by atoms with van der Waals surface area (Å²) in [6, 6.07) is 25.3. The van der Waals surface area contributed by atoms with Crippen molar-refractivity contribution in [2.24, 2.45) is 0 Å². The van der Waals surface area contributed by atoms with Gasteiger partial charge in [-0.1, -0.05) is 54.6 Å². The van der Waals surface area contributed by atoms with Crippen LogP contribution in [0.2, 0.25) is 0 Å². The molecule has 29 heavy (non-hydrogen) atoms. The monoisotopic (exact) mass is 408 g/mol. The van der Waals surface area contributed by atoms with Crippen molar-refractivity contribution in [3.05, 3.63) is 95.6 Å². The molecule has 0 aliphatic heterocycles. The van der Waals surface area contributed by atoms with Crippen LogP contribution in [0.3, 0.4) is 0 Å². The lowest BCUT2D eigenvalue weighted by Gasteiger charge is -2.40. The Bertz CT molecular complexity index is 889. The van der Waals surface area contributed by atoms with Crippen LogP contribution >= 0.6 is 12.6 Å². The number of carbonyl (C=O) groups is 1. The van der Waals surface area contributed by atoms with Gasteiger partial charge in [0.1, 0.15) is 11.5 Å². The summed E-state index contributed by atoms with van der Waals surface area (Å²) in [7, 11) is 3.24. The number of thiol groups is 1. The molecule has 0 aliphatic carbocycles. The smallest absolute Gasteiger partial charge is 0.304 e. The maximum Gasteiger partial charge on any atom is 0.304 e. The zero-order valence-corrected chi connectivity index (χ0v) is 17.3. The predicted octanol–water partition coefficient (Wildman–Crippen LogP) is 4.81. The van der Waals surface area contributed by atoms with Crippen LogP contribution in [0.15, 0.2) is 78.9 Å². The number of aliphatic carboxylic acids is 1. The average Bonchev–Trinajstić information content (AvgIpc) is 2.75. The highest BCUT2D eigenvalue weighted by atomic mass is 32.1. The zero-order valence-electron chi connectivity index (χ0n) is 16.4. The highest BCUT2D eigenvalue weighted by Gasteiger charge is 2.43. The quantitative estimate of drug-likeness (QED) is 0.415. The molecule has 0 amide bonds. The van der Waals surface area contributed by atoms with Crippen molar-refractivity contribution < 1.29 is 19.4 Å². The lowest BCUT2D eigenvalue weighted by Crippen LogP contribution is -2.40. The summed E-state index contributed by atoms with van der Waals surface area (Å²) in [4.78, 5) is 11.7. The van der Waals surface area contributed by atoms with Crippen LogP contribution in [0.25, 0.3) is 0 Å². The van der Waals surface area contributed by atoms with E-state index in [0.29, 0.717) is 0 Å². The summed E-state index contributed by atoms with van der Waals surface area (Å²) in [5.41, 5.74) is 2.07. The molecular formula is C24H24O4S. The first-order valence-electron chi connectivity index (χ1n) is 9.26. The normalized spacial score (nSPS) is 12.2. The highest BCUT2D eigenvalue weighted by molar-refractivity contribution is 7.81. The van der Waals surface area contributed by atoms with E-state index in [1.807, 2.05) is 78.9 Å². The summed E-state index contributed by atoms with van der Waals surface area (Å²) >= 11 is 4.84. The second-order valence-electron chi connectivity index (χ2n) is 6.74. The molecule has 0 saturated carbocycles. The van der Waals surface area contributed by atoms with Gasteiger partial charge in [-0.2, -0.15) is 12.6 Å². The summed E-state index contributed by atoms with van der Waals surface area (Å²) < 4.78 is 10.6. The van der Waals surface area contributed by atoms with E-state index in [0.717, 1.165) is 28.2 Å². The van der Waals surface area contributed by atoms with Gasteiger partial charge in [0.15, 0.2) is 0 Å². The van der Waals surface area contributed by atoms with E-state index >= 15 is 0 Å². The summed E-state index contributed by atoms with van der Waals surface area (Å²) in [5, 5.41) is 9.05. The fourth-order valence-electron chi connectivity index (χ4n) is 3.80. The van der Waals surface area contributed by atoms with Crippen molar-refractivity contribution in [1.29, 1.82) is 0 Å². The number of hydrogen-bond donors (Lipinski definition) is 2. The summed E-state index contributed by atoms with van der Waals surface area (Å²) in [6.45, 7) is 0. The van der Waals surface area contributed by atoms with Crippen molar-refractivity contribution in [2.45, 2.75) is 17.1 Å². The third-order valence-corrected chi connectivity index (χ3v) is 5.76. The van der Waals surface area contributed by atoms with Gasteiger partial charge >= 0.3 is 5.97 Å². The van der Waals surface area contributed by atoms with E-state index in [9.17, 15) is 9.90 Å². The molecule has 0 radical (unpaired) electrons. The van der Waals surface area contributed by atoms with Crippen LogP contribution in [0.5, 0.6) is 11.5 Å². The van der Waals surface area contributed by atoms with Crippen LogP contribution in [0.1, 0.15) is 23.1 Å². The van der Waals surface area contributed by atoms with Gasteiger partial charge < -0.3 is 14.6 Å². The van der Waals surface area contributed by atoms with E-state index in [-0.39, 0.29) is 6.42 Å². The Kier molecular flexibility index (Phi) is 6.49. The Hall–Kier alpha value is -2.92. The SMILES string of the molecule is COc1ccc(C(c2ccccc2)(c2ccc(OC)cc2)C(S)CC(=O)O)cc1. The van der Waals surface area contributed by atoms with Crippen molar-refractivity contribution in [1.82, 2.24) is 0 Å². The van der Waals surface area contributed by atoms with Gasteiger partial charge in [0.2, 0.25) is 0 Å². The standard InChI is InChI=1S/C24H24O4S/c1-27-20-12-8-18(9-13-20)24(22(29)16-23(25)26,17-6-4-3-5-7-17)19-10-14-21(28-2)15-11-19/h3-15,22,29H,16H2,1-2H3,(H,25,26). The maximum atomic E-state index is 11.7. The first kappa shape index (κ1) is 20.8. The number of methoxy groups -OCH3 is 2. The molecular weight excluding hydrogens is 384 g/mol. The van der Waals surface area contributed by atoms with Crippen molar-refractivity contribution in [3.8, 4) is 11.5 Å². The van der Waals surface area contributed by atoms with Crippen molar-refractivity contribution in [3.63, 3.8) is 0 Å². The molecule has 4 nitrogen and oxygen atoms in total. The molecule has 3 aromatic carbocycles. The minimum absolute atomic E-state index is 0.101. The van der Waals surface area contributed by atoms with E-state index in [1.54, 1.807) is 14.2 Å². The zero-order chi connectivity index (χ0) is 20.9. The maximum absolute atomic E-state index is 11.7. The van der Waals surface area contributed by atoms with Crippen LogP contribution in [0.4, 0.5) is 0 Å². The number of benzene rings is 3. The Balaban J connectivity index is 2.31. The molecule has 1 atom stereocenters. The molecule has 0 aliphatic rings.